The molecule has 0 saturated heterocycles. The highest BCUT2D eigenvalue weighted by Gasteiger charge is 1.69. The standard InChI is InChI=1S/C4H5NS/c1-3-4(2)5-6/h3H,1-2H2. The zero-order chi connectivity index (χ0) is 4.99. The van der Waals surface area contributed by atoms with E-state index < -0.39 is 0 Å². The maximum Gasteiger partial charge on any atom is 0.0691 e. The molecule has 0 spiro atoms. The third kappa shape index (κ3) is 1.79. The Morgan fingerprint density at radius 1 is 1.83 bits per heavy atom. The predicted octanol–water partition coefficient (Wildman–Crippen LogP) is 1.42. The fourth-order valence-electron chi connectivity index (χ4n) is 0.0373. The van der Waals surface area contributed by atoms with Gasteiger partial charge >= 0.3 is 0 Å². The first-order chi connectivity index (χ1) is 2.81. The van der Waals surface area contributed by atoms with Gasteiger partial charge in [0.25, 0.3) is 0 Å². The Balaban J connectivity index is 3.52. The minimum absolute atomic E-state index is 0.546. The topological polar surface area (TPSA) is 12.4 Å². The fraction of sp³-hybridized carbons (Fsp3) is 0. The van der Waals surface area contributed by atoms with Gasteiger partial charge in [0.2, 0.25) is 0 Å². The molecule has 0 aliphatic heterocycles. The van der Waals surface area contributed by atoms with Gasteiger partial charge in [0.15, 0.2) is 0 Å². The molecule has 0 aromatic heterocycles. The smallest absolute Gasteiger partial charge is 0.0691 e. The van der Waals surface area contributed by atoms with E-state index in [2.05, 4.69) is 29.9 Å². The van der Waals surface area contributed by atoms with Crippen molar-refractivity contribution in [3.8, 4) is 0 Å². The summed E-state index contributed by atoms with van der Waals surface area (Å²) in [7, 11) is 0. The zero-order valence-electron chi connectivity index (χ0n) is 3.35. The number of hydrogen-bond acceptors (Lipinski definition) is 2. The fourth-order valence-corrected chi connectivity index (χ4v) is 0.112. The van der Waals surface area contributed by atoms with Crippen LogP contribution in [-0.2, 0) is 12.4 Å². The summed E-state index contributed by atoms with van der Waals surface area (Å²) in [4.78, 5) is 0. The van der Waals surface area contributed by atoms with E-state index in [1.54, 1.807) is 0 Å². The molecule has 0 radical (unpaired) electrons. The molecule has 2 heteroatoms. The normalized spacial score (nSPS) is 6.67. The molecule has 0 bridgehead atoms. The Hall–Kier alpha value is -0.500. The van der Waals surface area contributed by atoms with Gasteiger partial charge in [-0.2, -0.15) is 4.36 Å². The maximum atomic E-state index is 4.23. The van der Waals surface area contributed by atoms with Crippen molar-refractivity contribution in [3.05, 3.63) is 24.9 Å². The molecule has 0 unspecified atom stereocenters. The Bertz CT molecular complexity index is 75.5. The van der Waals surface area contributed by atoms with Crippen LogP contribution >= 0.6 is 0 Å². The number of nitrogens with zero attached hydrogens (tertiary/aromatic N) is 1. The zero-order valence-corrected chi connectivity index (χ0v) is 4.16. The largest absolute Gasteiger partial charge is 0.182 e. The second-order valence-electron chi connectivity index (χ2n) is 0.787. The molecule has 0 aliphatic carbocycles. The van der Waals surface area contributed by atoms with Crippen LogP contribution in [0.3, 0.4) is 0 Å². The van der Waals surface area contributed by atoms with Crippen LogP contribution < -0.4 is 0 Å². The Morgan fingerprint density at radius 3 is 2.33 bits per heavy atom. The van der Waals surface area contributed by atoms with Gasteiger partial charge in [-0.25, -0.2) is 0 Å². The van der Waals surface area contributed by atoms with Crippen molar-refractivity contribution in [1.29, 1.82) is 0 Å². The van der Waals surface area contributed by atoms with Gasteiger partial charge in [-0.3, -0.25) is 0 Å². The molecule has 0 N–H and O–H groups in total. The molecule has 0 aromatic rings. The molecule has 0 saturated carbocycles. The Morgan fingerprint density at radius 2 is 2.33 bits per heavy atom. The molecule has 0 rings (SSSR count). The summed E-state index contributed by atoms with van der Waals surface area (Å²) < 4.78 is 3.28. The second kappa shape index (κ2) is 2.72. The molecule has 0 heterocycles. The van der Waals surface area contributed by atoms with Crippen molar-refractivity contribution in [1.82, 2.24) is 0 Å². The lowest BCUT2D eigenvalue weighted by Gasteiger charge is -1.74. The third-order valence-corrected chi connectivity index (χ3v) is 0.587. The lowest BCUT2D eigenvalue weighted by atomic mass is 10.5. The SMILES string of the molecule is C=CC(=C)N=S. The first-order valence-electron chi connectivity index (χ1n) is 1.46. The first-order valence-corrected chi connectivity index (χ1v) is 1.82. The molecule has 0 aromatic carbocycles. The highest BCUT2D eigenvalue weighted by Crippen LogP contribution is 1.87. The Kier molecular flexibility index (Phi) is 2.50. The predicted molar refractivity (Wildman–Crippen MR) is 29.1 cm³/mol. The summed E-state index contributed by atoms with van der Waals surface area (Å²) in [5, 5.41) is 0. The molecule has 0 amide bonds. The van der Waals surface area contributed by atoms with E-state index in [1.165, 1.54) is 6.08 Å². The van der Waals surface area contributed by atoms with E-state index in [4.69, 9.17) is 0 Å². The first kappa shape index (κ1) is 5.50. The second-order valence-corrected chi connectivity index (χ2v) is 0.969. The van der Waals surface area contributed by atoms with E-state index in [-0.39, 0.29) is 0 Å². The van der Waals surface area contributed by atoms with Crippen LogP contribution in [0.5, 0.6) is 0 Å². The van der Waals surface area contributed by atoms with Crippen LogP contribution in [0.2, 0.25) is 0 Å². The van der Waals surface area contributed by atoms with Crippen LogP contribution in [-0.4, -0.2) is 0 Å². The van der Waals surface area contributed by atoms with Crippen LogP contribution in [0.1, 0.15) is 0 Å². The summed E-state index contributed by atoms with van der Waals surface area (Å²) in [6.07, 6.45) is 1.51. The van der Waals surface area contributed by atoms with Crippen molar-refractivity contribution in [3.63, 3.8) is 0 Å². The van der Waals surface area contributed by atoms with Gasteiger partial charge in [0, 0.05) is 12.4 Å². The third-order valence-electron chi connectivity index (χ3n) is 0.353. The molecule has 1 nitrogen and oxygen atoms in total. The minimum Gasteiger partial charge on any atom is -0.182 e. The van der Waals surface area contributed by atoms with Gasteiger partial charge < -0.3 is 0 Å². The van der Waals surface area contributed by atoms with Crippen LogP contribution in [0.25, 0.3) is 0 Å². The molecule has 0 fully saturated rings. The minimum atomic E-state index is 0.546. The van der Waals surface area contributed by atoms with E-state index in [1.807, 2.05) is 0 Å². The lowest BCUT2D eigenvalue weighted by Crippen LogP contribution is -1.55. The van der Waals surface area contributed by atoms with E-state index in [0.29, 0.717) is 5.70 Å². The number of rotatable bonds is 2. The average Bonchev–Trinajstić information content (AvgIpc) is 1.65. The lowest BCUT2D eigenvalue weighted by molar-refractivity contribution is 1.50. The molecular formula is C4H5NS. The van der Waals surface area contributed by atoms with Gasteiger partial charge in [-0.1, -0.05) is 13.2 Å². The summed E-state index contributed by atoms with van der Waals surface area (Å²) in [6, 6.07) is 0. The highest BCUT2D eigenvalue weighted by molar-refractivity contribution is 7.47. The van der Waals surface area contributed by atoms with Gasteiger partial charge in [-0.05, 0) is 6.08 Å². The van der Waals surface area contributed by atoms with Crippen molar-refractivity contribution >= 4 is 12.4 Å². The number of allylic oxidation sites excluding steroid dienone is 1. The molecule has 6 heavy (non-hydrogen) atoms. The van der Waals surface area contributed by atoms with E-state index in [0.717, 1.165) is 0 Å². The summed E-state index contributed by atoms with van der Waals surface area (Å²) in [5.74, 6) is 0. The van der Waals surface area contributed by atoms with Crippen molar-refractivity contribution < 1.29 is 0 Å². The molecule has 32 valence electrons. The van der Waals surface area contributed by atoms with E-state index >= 15 is 0 Å². The quantitative estimate of drug-likeness (QED) is 0.477. The van der Waals surface area contributed by atoms with Gasteiger partial charge in [-0.15, -0.1) is 0 Å². The maximum absolute atomic E-state index is 4.23. The van der Waals surface area contributed by atoms with Crippen LogP contribution in [0.15, 0.2) is 29.3 Å². The molecule has 0 atom stereocenters. The van der Waals surface area contributed by atoms with Crippen molar-refractivity contribution in [2.45, 2.75) is 0 Å². The molecule has 0 aliphatic rings. The van der Waals surface area contributed by atoms with E-state index in [9.17, 15) is 0 Å². The summed E-state index contributed by atoms with van der Waals surface area (Å²) >= 11 is 4.23. The average molecular weight is 99.2 g/mol. The summed E-state index contributed by atoms with van der Waals surface area (Å²) in [5.41, 5.74) is 0.546. The Labute approximate surface area is 42.5 Å². The van der Waals surface area contributed by atoms with Crippen molar-refractivity contribution in [2.75, 3.05) is 0 Å². The van der Waals surface area contributed by atoms with Gasteiger partial charge in [0.1, 0.15) is 0 Å². The summed E-state index contributed by atoms with van der Waals surface area (Å²) in [6.45, 7) is 6.77. The van der Waals surface area contributed by atoms with Crippen LogP contribution in [0, 0.1) is 0 Å². The van der Waals surface area contributed by atoms with Gasteiger partial charge in [0.05, 0.1) is 5.70 Å². The number of hydrogen-bond donors (Lipinski definition) is 0. The van der Waals surface area contributed by atoms with Crippen molar-refractivity contribution in [2.24, 2.45) is 4.36 Å². The molecular weight excluding hydrogens is 94.1 g/mol. The van der Waals surface area contributed by atoms with Crippen LogP contribution in [0.4, 0.5) is 0 Å². The highest BCUT2D eigenvalue weighted by atomic mass is 32.1. The monoisotopic (exact) mass is 99.0 g/mol.